The van der Waals surface area contributed by atoms with Gasteiger partial charge in [-0.25, -0.2) is 14.4 Å². The highest BCUT2D eigenvalue weighted by molar-refractivity contribution is 5.98. The Hall–Kier alpha value is -8.04. The van der Waals surface area contributed by atoms with Crippen LogP contribution in [0, 0.1) is 12.8 Å². The van der Waals surface area contributed by atoms with Gasteiger partial charge in [0.25, 0.3) is 0 Å². The number of benzene rings is 1. The van der Waals surface area contributed by atoms with Crippen molar-refractivity contribution >= 4 is 65.5 Å². The number of alkyl carbamates (subject to hydrolysis) is 3. The van der Waals surface area contributed by atoms with Gasteiger partial charge in [0, 0.05) is 38.8 Å². The summed E-state index contributed by atoms with van der Waals surface area (Å²) >= 11 is 0. The first-order valence-electron chi connectivity index (χ1n) is 28.1. The van der Waals surface area contributed by atoms with E-state index in [1.54, 1.807) is 119 Å². The molecule has 0 radical (unpaired) electrons. The maximum absolute atomic E-state index is 14.7. The van der Waals surface area contributed by atoms with Gasteiger partial charge in [-0.05, 0) is 126 Å². The lowest BCUT2D eigenvalue weighted by molar-refractivity contribution is -0.136. The predicted octanol–water partition coefficient (Wildman–Crippen LogP) is 0.519. The molecule has 0 aliphatic carbocycles. The fraction of sp³-hybridized carbons (Fsp3) is 0.643. The maximum atomic E-state index is 14.7. The Labute approximate surface area is 490 Å². The van der Waals surface area contributed by atoms with Crippen LogP contribution in [-0.4, -0.2) is 172 Å². The van der Waals surface area contributed by atoms with Crippen LogP contribution in [0.3, 0.4) is 0 Å². The fourth-order valence-electron chi connectivity index (χ4n) is 8.14. The number of hydrogen-bond acceptors (Lipinski definition) is 16. The van der Waals surface area contributed by atoms with Crippen LogP contribution < -0.4 is 58.5 Å². The van der Waals surface area contributed by atoms with E-state index in [1.807, 2.05) is 0 Å². The number of aliphatic hydroxyl groups is 1. The van der Waals surface area contributed by atoms with Gasteiger partial charge in [-0.3, -0.25) is 43.0 Å². The van der Waals surface area contributed by atoms with E-state index >= 15 is 0 Å². The van der Waals surface area contributed by atoms with E-state index in [1.165, 1.54) is 17.8 Å². The molecule has 12 N–H and O–H groups in total. The van der Waals surface area contributed by atoms with Crippen molar-refractivity contribution in [1.29, 1.82) is 0 Å². The van der Waals surface area contributed by atoms with Gasteiger partial charge in [-0.2, -0.15) is 5.10 Å². The van der Waals surface area contributed by atoms with Crippen LogP contribution in [0.2, 0.25) is 0 Å². The van der Waals surface area contributed by atoms with Crippen molar-refractivity contribution in [3.8, 4) is 0 Å². The number of carbonyl (C=O) groups is 11. The molecule has 2 aromatic rings. The van der Waals surface area contributed by atoms with Gasteiger partial charge in [0.05, 0.1) is 11.8 Å². The number of aliphatic hydroxyl groups excluding tert-OH is 1. The molecule has 8 atom stereocenters. The number of hydrogen-bond donors (Lipinski definition) is 12. The van der Waals surface area contributed by atoms with Gasteiger partial charge >= 0.3 is 18.3 Å². The summed E-state index contributed by atoms with van der Waals surface area (Å²) in [7, 11) is 0. The Kier molecular flexibility index (Phi) is 27.3. The molecule has 1 fully saturated rings. The zero-order valence-corrected chi connectivity index (χ0v) is 50.6. The molecule has 0 bridgehead atoms. The van der Waals surface area contributed by atoms with E-state index < -0.39 is 137 Å². The Bertz CT molecular complexity index is 2570. The molecular weight excluding hydrogens is 1090 g/mol. The van der Waals surface area contributed by atoms with Crippen LogP contribution in [0.15, 0.2) is 42.6 Å². The lowest BCUT2D eigenvalue weighted by Crippen LogP contribution is -2.61. The van der Waals surface area contributed by atoms with Crippen LogP contribution >= 0.6 is 0 Å². The first kappa shape index (κ1) is 70.2. The third-order valence-corrected chi connectivity index (χ3v) is 12.0. The molecule has 0 spiro atoms. The predicted molar refractivity (Wildman–Crippen MR) is 306 cm³/mol. The average molecular weight is 1180 g/mol. The standard InChI is InChI=1S/C56H89N13O15/c1-32(2)29-40-48(76)64-37(20-25-58-51(79)82-54(5,6)7)45(73)63-39(22-27-60-53(81)84-56(11,12)13)47(75)67-43(34(4)70)50(78)57-24-19-36(61-42(71)31-69-28-23-33(3)68-69)44(72)62-38(21-26-59-52(80)83-55(8,9)10)46(74)66-41(49(77)65-40)30-35-17-15-14-16-18-35/h14-18,23,28,32,34,36-41,43,70H,19-22,24-27,29-31H2,1-13H3,(H,57,78)(H,58,79)(H,59,80)(H,60,81)(H,61,71)(H,62,72)(H,63,73)(H,64,76)(H,65,77)(H,66,74)(H,67,75)/t34-,36+,37+,38+,39+,40+,41-,43+/m1/s1. The lowest BCUT2D eigenvalue weighted by Gasteiger charge is -2.29. The Morgan fingerprint density at radius 3 is 1.44 bits per heavy atom. The zero-order chi connectivity index (χ0) is 63.1. The van der Waals surface area contributed by atoms with Crippen LogP contribution in [0.4, 0.5) is 14.4 Å². The Morgan fingerprint density at radius 2 is 1.01 bits per heavy atom. The molecule has 11 amide bonds. The van der Waals surface area contributed by atoms with Crippen molar-refractivity contribution in [2.24, 2.45) is 5.92 Å². The zero-order valence-electron chi connectivity index (χ0n) is 50.6. The fourth-order valence-corrected chi connectivity index (χ4v) is 8.14. The number of nitrogens with one attached hydrogen (secondary N) is 11. The summed E-state index contributed by atoms with van der Waals surface area (Å²) in [6.07, 6.45) is -4.15. The van der Waals surface area contributed by atoms with Crippen molar-refractivity contribution in [1.82, 2.24) is 68.3 Å². The van der Waals surface area contributed by atoms with E-state index in [9.17, 15) is 57.8 Å². The molecule has 28 nitrogen and oxygen atoms in total. The molecule has 1 saturated heterocycles. The molecule has 3 rings (SSSR count). The van der Waals surface area contributed by atoms with Crippen LogP contribution in [-0.2, 0) is 65.5 Å². The van der Waals surface area contributed by atoms with Crippen molar-refractivity contribution in [2.75, 3.05) is 26.2 Å². The molecule has 1 aliphatic rings. The molecular formula is C56H89N13O15. The summed E-state index contributed by atoms with van der Waals surface area (Å²) in [6, 6.07) is -0.637. The highest BCUT2D eigenvalue weighted by Crippen LogP contribution is 2.13. The summed E-state index contributed by atoms with van der Waals surface area (Å²) < 4.78 is 17.4. The van der Waals surface area contributed by atoms with E-state index in [0.29, 0.717) is 11.3 Å². The van der Waals surface area contributed by atoms with Gasteiger partial charge < -0.3 is 77.8 Å². The molecule has 468 valence electrons. The first-order valence-corrected chi connectivity index (χ1v) is 28.1. The van der Waals surface area contributed by atoms with Crippen molar-refractivity contribution < 1.29 is 72.1 Å². The van der Waals surface area contributed by atoms with E-state index in [-0.39, 0.29) is 70.6 Å². The topological polar surface area (TPSA) is 386 Å². The third kappa shape index (κ3) is 27.4. The normalized spacial score (nSPS) is 21.6. The SMILES string of the molecule is Cc1ccn(CC(=O)N[C@H]2CCNC(=O)[C@H]([C@@H](C)O)NC(=O)[C@H](CCNC(=O)OC(C)(C)C)NC(=O)[C@H](CCNC(=O)OC(C)(C)C)NC(=O)[C@H](CC(C)C)NC(=O)[C@@H](Cc3ccccc3)NC(=O)[C@H](CCNC(=O)OC(C)(C)C)NC2=O)n1. The molecule has 2 heterocycles. The number of carbonyl (C=O) groups excluding carboxylic acids is 11. The maximum Gasteiger partial charge on any atom is 0.407 e. The monoisotopic (exact) mass is 1180 g/mol. The quantitative estimate of drug-likeness (QED) is 0.0961. The molecule has 0 saturated carbocycles. The van der Waals surface area contributed by atoms with E-state index in [4.69, 9.17) is 14.2 Å². The average Bonchev–Trinajstić information content (AvgIpc) is 3.95. The number of amides is 11. The second-order valence-electron chi connectivity index (χ2n) is 23.9. The Balaban J connectivity index is 2.24. The van der Waals surface area contributed by atoms with Gasteiger partial charge in [0.1, 0.15) is 65.6 Å². The molecule has 1 aliphatic heterocycles. The number of rotatable bonds is 17. The van der Waals surface area contributed by atoms with Crippen molar-refractivity contribution in [3.63, 3.8) is 0 Å². The van der Waals surface area contributed by atoms with Gasteiger partial charge in [0.2, 0.25) is 47.3 Å². The smallest absolute Gasteiger partial charge is 0.407 e. The highest BCUT2D eigenvalue weighted by atomic mass is 16.6. The van der Waals surface area contributed by atoms with Crippen molar-refractivity contribution in [3.05, 3.63) is 53.9 Å². The number of aryl methyl sites for hydroxylation is 1. The third-order valence-electron chi connectivity index (χ3n) is 12.0. The van der Waals surface area contributed by atoms with Crippen molar-refractivity contribution in [2.45, 2.75) is 200 Å². The lowest BCUT2D eigenvalue weighted by atomic mass is 10.00. The van der Waals surface area contributed by atoms with E-state index in [2.05, 4.69) is 63.6 Å². The molecule has 28 heteroatoms. The van der Waals surface area contributed by atoms with E-state index in [0.717, 1.165) is 0 Å². The van der Waals surface area contributed by atoms with Crippen LogP contribution in [0.1, 0.15) is 126 Å². The molecule has 84 heavy (non-hydrogen) atoms. The van der Waals surface area contributed by atoms with Crippen LogP contribution in [0.25, 0.3) is 0 Å². The van der Waals surface area contributed by atoms with Crippen LogP contribution in [0.5, 0.6) is 0 Å². The molecule has 0 unspecified atom stereocenters. The first-order chi connectivity index (χ1) is 39.1. The summed E-state index contributed by atoms with van der Waals surface area (Å²) in [4.78, 5) is 153. The minimum atomic E-state index is -1.73. The minimum absolute atomic E-state index is 0.0274. The van der Waals surface area contributed by atoms with Gasteiger partial charge in [-0.1, -0.05) is 44.2 Å². The minimum Gasteiger partial charge on any atom is -0.444 e. The molecule has 1 aromatic carbocycles. The number of ether oxygens (including phenoxy) is 3. The summed E-state index contributed by atoms with van der Waals surface area (Å²) in [5.74, 6) is -7.65. The second kappa shape index (κ2) is 32.7. The number of nitrogens with zero attached hydrogens (tertiary/aromatic N) is 2. The summed E-state index contributed by atoms with van der Waals surface area (Å²) in [6.45, 7) is 19.6. The van der Waals surface area contributed by atoms with Gasteiger partial charge in [0.15, 0.2) is 0 Å². The highest BCUT2D eigenvalue weighted by Gasteiger charge is 2.36. The largest absolute Gasteiger partial charge is 0.444 e. The Morgan fingerprint density at radius 1 is 0.595 bits per heavy atom. The second-order valence-corrected chi connectivity index (χ2v) is 23.9. The van der Waals surface area contributed by atoms with Gasteiger partial charge in [-0.15, -0.1) is 0 Å². The number of aromatic nitrogens is 2. The summed E-state index contributed by atoms with van der Waals surface area (Å²) in [5, 5.41) is 43.7. The summed E-state index contributed by atoms with van der Waals surface area (Å²) in [5.41, 5.74) is -1.56. The molecule has 1 aromatic heterocycles.